The van der Waals surface area contributed by atoms with Crippen molar-refractivity contribution in [3.8, 4) is 0 Å². The van der Waals surface area contributed by atoms with Gasteiger partial charge in [-0.15, -0.1) is 0 Å². The normalized spacial score (nSPS) is 24.3. The first-order valence-electron chi connectivity index (χ1n) is 6.59. The molecule has 1 atom stereocenters. The van der Waals surface area contributed by atoms with E-state index >= 15 is 0 Å². The molecule has 2 saturated heterocycles. The summed E-state index contributed by atoms with van der Waals surface area (Å²) in [6.07, 6.45) is 0.646. The minimum atomic E-state index is -0.519. The maximum atomic E-state index is 11.9. The number of Topliss-reactive ketones (excluding diaryl/α,β-unsaturated/α-hetero) is 1. The fourth-order valence-electron chi connectivity index (χ4n) is 2.43. The molecule has 0 aromatic heterocycles. The fourth-order valence-corrected chi connectivity index (χ4v) is 2.43. The second-order valence-corrected chi connectivity index (χ2v) is 6.04. The molecule has 0 radical (unpaired) electrons. The summed E-state index contributed by atoms with van der Waals surface area (Å²) in [7, 11) is 0. The topological polar surface area (TPSA) is 66.9 Å². The van der Waals surface area contributed by atoms with Gasteiger partial charge in [0.15, 0.2) is 0 Å². The quantitative estimate of drug-likeness (QED) is 0.660. The van der Waals surface area contributed by atoms with Crippen molar-refractivity contribution in [2.45, 2.75) is 45.3 Å². The van der Waals surface area contributed by atoms with Gasteiger partial charge in [-0.2, -0.15) is 0 Å². The predicted octanol–water partition coefficient (Wildman–Crippen LogP) is 0.797. The van der Waals surface area contributed by atoms with E-state index in [1.165, 1.54) is 0 Å². The van der Waals surface area contributed by atoms with Crippen molar-refractivity contribution in [1.82, 2.24) is 9.80 Å². The molecule has 2 fully saturated rings. The lowest BCUT2D eigenvalue weighted by Crippen LogP contribution is -2.41. The monoisotopic (exact) mass is 268 g/mol. The molecule has 6 nitrogen and oxygen atoms in total. The van der Waals surface area contributed by atoms with Crippen LogP contribution < -0.4 is 0 Å². The summed E-state index contributed by atoms with van der Waals surface area (Å²) in [5.41, 5.74) is -0.519. The summed E-state index contributed by atoms with van der Waals surface area (Å²) in [5, 5.41) is 0. The highest BCUT2D eigenvalue weighted by atomic mass is 16.6. The van der Waals surface area contributed by atoms with Crippen LogP contribution in [-0.2, 0) is 14.3 Å². The Bertz CT molecular complexity index is 413. The predicted molar refractivity (Wildman–Crippen MR) is 67.5 cm³/mol. The van der Waals surface area contributed by atoms with Crippen LogP contribution in [0.4, 0.5) is 4.79 Å². The molecular weight excluding hydrogens is 248 g/mol. The van der Waals surface area contributed by atoms with E-state index in [0.29, 0.717) is 32.5 Å². The Labute approximate surface area is 112 Å². The number of ether oxygens (including phenoxy) is 1. The molecule has 0 spiro atoms. The third-order valence-corrected chi connectivity index (χ3v) is 3.34. The zero-order valence-electron chi connectivity index (χ0n) is 11.6. The molecule has 2 aliphatic rings. The SMILES string of the molecule is CC(C)(C)OC(=O)N1CC[C@@H](N2CCC(=O)C2=O)C1. The second kappa shape index (κ2) is 4.83. The second-order valence-electron chi connectivity index (χ2n) is 6.04. The van der Waals surface area contributed by atoms with E-state index in [-0.39, 0.29) is 17.9 Å². The number of carbonyl (C=O) groups is 3. The van der Waals surface area contributed by atoms with Gasteiger partial charge in [0, 0.05) is 26.1 Å². The molecule has 0 aromatic rings. The Hall–Kier alpha value is -1.59. The maximum absolute atomic E-state index is 11.9. The molecule has 2 aliphatic heterocycles. The van der Waals surface area contributed by atoms with Crippen molar-refractivity contribution >= 4 is 17.8 Å². The van der Waals surface area contributed by atoms with Gasteiger partial charge in [0.25, 0.3) is 5.91 Å². The number of amides is 2. The van der Waals surface area contributed by atoms with Gasteiger partial charge in [-0.25, -0.2) is 4.79 Å². The van der Waals surface area contributed by atoms with Gasteiger partial charge in [0.05, 0.1) is 6.04 Å². The van der Waals surface area contributed by atoms with Crippen LogP contribution in [0, 0.1) is 0 Å². The fraction of sp³-hybridized carbons (Fsp3) is 0.769. The first-order valence-corrected chi connectivity index (χ1v) is 6.59. The molecule has 0 bridgehead atoms. The van der Waals surface area contributed by atoms with Crippen molar-refractivity contribution in [2.24, 2.45) is 0 Å². The molecule has 2 heterocycles. The van der Waals surface area contributed by atoms with Gasteiger partial charge in [-0.05, 0) is 27.2 Å². The van der Waals surface area contributed by atoms with Gasteiger partial charge in [0.2, 0.25) is 5.78 Å². The van der Waals surface area contributed by atoms with E-state index in [4.69, 9.17) is 4.74 Å². The van der Waals surface area contributed by atoms with E-state index in [0.717, 1.165) is 0 Å². The van der Waals surface area contributed by atoms with Gasteiger partial charge in [-0.3, -0.25) is 9.59 Å². The van der Waals surface area contributed by atoms with E-state index in [2.05, 4.69) is 0 Å². The van der Waals surface area contributed by atoms with Crippen LogP contribution in [-0.4, -0.2) is 58.9 Å². The number of hydrogen-bond acceptors (Lipinski definition) is 4. The van der Waals surface area contributed by atoms with Crippen LogP contribution in [0.5, 0.6) is 0 Å². The molecule has 6 heteroatoms. The van der Waals surface area contributed by atoms with E-state index in [1.54, 1.807) is 9.80 Å². The van der Waals surface area contributed by atoms with E-state index in [9.17, 15) is 14.4 Å². The minimum absolute atomic E-state index is 0.0496. The highest BCUT2D eigenvalue weighted by molar-refractivity contribution is 6.37. The van der Waals surface area contributed by atoms with Crippen molar-refractivity contribution < 1.29 is 19.1 Å². The summed E-state index contributed by atoms with van der Waals surface area (Å²) in [5.74, 6) is -0.730. The lowest BCUT2D eigenvalue weighted by atomic mass is 10.2. The van der Waals surface area contributed by atoms with Crippen LogP contribution in [0.15, 0.2) is 0 Å². The standard InChI is InChI=1S/C13H20N2O4/c1-13(2,3)19-12(18)14-6-4-9(8-14)15-7-5-10(16)11(15)17/h9H,4-8H2,1-3H3/t9-/m1/s1. The summed E-state index contributed by atoms with van der Waals surface area (Å²) in [6.45, 7) is 6.96. The zero-order chi connectivity index (χ0) is 14.2. The maximum Gasteiger partial charge on any atom is 0.410 e. The van der Waals surface area contributed by atoms with Gasteiger partial charge in [0.1, 0.15) is 5.60 Å². The Balaban J connectivity index is 1.92. The van der Waals surface area contributed by atoms with Gasteiger partial charge >= 0.3 is 6.09 Å². The van der Waals surface area contributed by atoms with Crippen molar-refractivity contribution in [3.63, 3.8) is 0 Å². The molecule has 0 aromatic carbocycles. The minimum Gasteiger partial charge on any atom is -0.444 e. The number of carbonyl (C=O) groups excluding carboxylic acids is 3. The van der Waals surface area contributed by atoms with Crippen LogP contribution >= 0.6 is 0 Å². The van der Waals surface area contributed by atoms with Crippen LogP contribution in [0.25, 0.3) is 0 Å². The van der Waals surface area contributed by atoms with Gasteiger partial charge < -0.3 is 14.5 Å². The Kier molecular flexibility index (Phi) is 3.52. The van der Waals surface area contributed by atoms with Crippen molar-refractivity contribution in [2.75, 3.05) is 19.6 Å². The molecule has 0 N–H and O–H groups in total. The molecule has 0 saturated carbocycles. The largest absolute Gasteiger partial charge is 0.444 e. The van der Waals surface area contributed by atoms with E-state index < -0.39 is 11.5 Å². The lowest BCUT2D eigenvalue weighted by Gasteiger charge is -2.26. The summed E-state index contributed by atoms with van der Waals surface area (Å²) in [6, 6.07) is -0.0496. The van der Waals surface area contributed by atoms with Crippen LogP contribution in [0.3, 0.4) is 0 Å². The molecule has 0 aliphatic carbocycles. The average Bonchev–Trinajstić information content (AvgIpc) is 2.85. The van der Waals surface area contributed by atoms with Crippen LogP contribution in [0.2, 0.25) is 0 Å². The van der Waals surface area contributed by atoms with Crippen molar-refractivity contribution in [3.05, 3.63) is 0 Å². The number of rotatable bonds is 1. The van der Waals surface area contributed by atoms with Crippen molar-refractivity contribution in [1.29, 1.82) is 0 Å². The Morgan fingerprint density at radius 1 is 1.26 bits per heavy atom. The average molecular weight is 268 g/mol. The molecule has 2 amide bonds. The lowest BCUT2D eigenvalue weighted by molar-refractivity contribution is -0.141. The number of likely N-dealkylation sites (tertiary alicyclic amines) is 2. The molecule has 106 valence electrons. The third-order valence-electron chi connectivity index (χ3n) is 3.34. The zero-order valence-corrected chi connectivity index (χ0v) is 11.6. The van der Waals surface area contributed by atoms with E-state index in [1.807, 2.05) is 20.8 Å². The number of hydrogen-bond donors (Lipinski definition) is 0. The van der Waals surface area contributed by atoms with Gasteiger partial charge in [-0.1, -0.05) is 0 Å². The highest BCUT2D eigenvalue weighted by Gasteiger charge is 2.39. The molecule has 2 rings (SSSR count). The highest BCUT2D eigenvalue weighted by Crippen LogP contribution is 2.21. The molecule has 0 unspecified atom stereocenters. The number of ketones is 1. The summed E-state index contributed by atoms with van der Waals surface area (Å²) in [4.78, 5) is 38.0. The first kappa shape index (κ1) is 13.8. The Morgan fingerprint density at radius 2 is 1.95 bits per heavy atom. The summed E-state index contributed by atoms with van der Waals surface area (Å²) >= 11 is 0. The molecule has 19 heavy (non-hydrogen) atoms. The number of nitrogens with zero attached hydrogens (tertiary/aromatic N) is 2. The van der Waals surface area contributed by atoms with Crippen LogP contribution in [0.1, 0.15) is 33.6 Å². The first-order chi connectivity index (χ1) is 8.78. The third kappa shape index (κ3) is 3.05. The molecular formula is C13H20N2O4. The smallest absolute Gasteiger partial charge is 0.410 e. The summed E-state index contributed by atoms with van der Waals surface area (Å²) < 4.78 is 5.30. The Morgan fingerprint density at radius 3 is 2.47 bits per heavy atom.